The maximum atomic E-state index is 13.7. The molecule has 6 heteroatoms. The Bertz CT molecular complexity index is 617. The molecule has 1 heterocycles. The number of benzene rings is 1. The second kappa shape index (κ2) is 6.00. The Kier molecular flexibility index (Phi) is 4.34. The molecule has 0 aliphatic heterocycles. The molecule has 0 saturated heterocycles. The van der Waals surface area contributed by atoms with Crippen LogP contribution < -0.4 is 5.32 Å². The molecule has 106 valence electrons. The number of aryl methyl sites for hydroxylation is 1. The predicted octanol–water partition coefficient (Wildman–Crippen LogP) is 3.90. The number of hydrogen-bond acceptors (Lipinski definition) is 3. The summed E-state index contributed by atoms with van der Waals surface area (Å²) >= 11 is 1.57. The van der Waals surface area contributed by atoms with Gasteiger partial charge in [0.2, 0.25) is 0 Å². The number of aromatic carboxylic acids is 1. The summed E-state index contributed by atoms with van der Waals surface area (Å²) in [6.07, 6.45) is 0.917. The summed E-state index contributed by atoms with van der Waals surface area (Å²) in [7, 11) is 0. The van der Waals surface area contributed by atoms with Gasteiger partial charge in [-0.05, 0) is 30.7 Å². The van der Waals surface area contributed by atoms with Crippen molar-refractivity contribution in [2.75, 3.05) is 5.32 Å². The first-order valence-corrected chi connectivity index (χ1v) is 6.86. The van der Waals surface area contributed by atoms with Crippen LogP contribution in [0.2, 0.25) is 0 Å². The van der Waals surface area contributed by atoms with Gasteiger partial charge in [-0.2, -0.15) is 0 Å². The van der Waals surface area contributed by atoms with Gasteiger partial charge in [0.05, 0.1) is 5.56 Å². The SMILES string of the molecule is CCc1ccc(CNc2c(F)cc(C(=O)O)cc2F)s1. The van der Waals surface area contributed by atoms with E-state index < -0.39 is 23.2 Å². The summed E-state index contributed by atoms with van der Waals surface area (Å²) in [6.45, 7) is 2.33. The Labute approximate surface area is 118 Å². The van der Waals surface area contributed by atoms with Gasteiger partial charge in [0, 0.05) is 16.3 Å². The van der Waals surface area contributed by atoms with E-state index in [1.165, 1.54) is 4.88 Å². The molecule has 0 amide bonds. The van der Waals surface area contributed by atoms with E-state index in [1.807, 2.05) is 19.1 Å². The lowest BCUT2D eigenvalue weighted by molar-refractivity contribution is 0.0696. The van der Waals surface area contributed by atoms with E-state index >= 15 is 0 Å². The van der Waals surface area contributed by atoms with Gasteiger partial charge >= 0.3 is 5.97 Å². The summed E-state index contributed by atoms with van der Waals surface area (Å²) in [4.78, 5) is 12.8. The maximum absolute atomic E-state index is 13.7. The lowest BCUT2D eigenvalue weighted by atomic mass is 10.2. The van der Waals surface area contributed by atoms with Gasteiger partial charge < -0.3 is 10.4 Å². The molecule has 0 radical (unpaired) electrons. The van der Waals surface area contributed by atoms with Crippen molar-refractivity contribution in [3.63, 3.8) is 0 Å². The number of carboxylic acid groups (broad SMARTS) is 1. The zero-order valence-corrected chi connectivity index (χ0v) is 11.6. The molecule has 2 aromatic rings. The first-order chi connectivity index (χ1) is 9.51. The normalized spacial score (nSPS) is 10.6. The summed E-state index contributed by atoms with van der Waals surface area (Å²) in [5, 5.41) is 11.4. The van der Waals surface area contributed by atoms with E-state index in [0.29, 0.717) is 6.54 Å². The van der Waals surface area contributed by atoms with E-state index in [4.69, 9.17) is 5.11 Å². The molecule has 2 rings (SSSR count). The summed E-state index contributed by atoms with van der Waals surface area (Å²) in [5.41, 5.74) is -0.712. The minimum absolute atomic E-state index is 0.297. The number of hydrogen-bond donors (Lipinski definition) is 2. The highest BCUT2D eigenvalue weighted by atomic mass is 32.1. The monoisotopic (exact) mass is 297 g/mol. The summed E-state index contributed by atoms with van der Waals surface area (Å²) in [5.74, 6) is -3.18. The molecular weight excluding hydrogens is 284 g/mol. The number of halogens is 2. The molecule has 0 aliphatic carbocycles. The Hall–Kier alpha value is -1.95. The standard InChI is InChI=1S/C14H13F2NO2S/c1-2-9-3-4-10(20-9)7-17-13-11(15)5-8(14(18)19)6-12(13)16/h3-6,17H,2,7H2,1H3,(H,18,19). The molecule has 0 bridgehead atoms. The van der Waals surface area contributed by atoms with E-state index in [9.17, 15) is 13.6 Å². The minimum atomic E-state index is -1.36. The van der Waals surface area contributed by atoms with Crippen LogP contribution in [-0.2, 0) is 13.0 Å². The van der Waals surface area contributed by atoms with E-state index in [0.717, 1.165) is 23.4 Å². The first-order valence-electron chi connectivity index (χ1n) is 6.05. The van der Waals surface area contributed by atoms with Crippen LogP contribution in [0.4, 0.5) is 14.5 Å². The smallest absolute Gasteiger partial charge is 0.335 e. The Balaban J connectivity index is 2.15. The second-order valence-corrected chi connectivity index (χ2v) is 5.45. The van der Waals surface area contributed by atoms with Crippen molar-refractivity contribution < 1.29 is 18.7 Å². The van der Waals surface area contributed by atoms with Crippen molar-refractivity contribution in [3.8, 4) is 0 Å². The van der Waals surface area contributed by atoms with E-state index in [1.54, 1.807) is 11.3 Å². The second-order valence-electron chi connectivity index (χ2n) is 4.20. The molecule has 1 aromatic carbocycles. The largest absolute Gasteiger partial charge is 0.478 e. The Morgan fingerprint density at radius 2 is 1.85 bits per heavy atom. The zero-order valence-electron chi connectivity index (χ0n) is 10.7. The number of carboxylic acids is 1. The highest BCUT2D eigenvalue weighted by molar-refractivity contribution is 7.12. The number of nitrogens with one attached hydrogen (secondary N) is 1. The van der Waals surface area contributed by atoms with Crippen LogP contribution in [0.1, 0.15) is 27.0 Å². The fraction of sp³-hybridized carbons (Fsp3) is 0.214. The molecule has 0 unspecified atom stereocenters. The van der Waals surface area contributed by atoms with Crippen molar-refractivity contribution in [1.29, 1.82) is 0 Å². The van der Waals surface area contributed by atoms with Gasteiger partial charge in [-0.1, -0.05) is 6.92 Å². The molecule has 1 aromatic heterocycles. The third-order valence-electron chi connectivity index (χ3n) is 2.79. The molecule has 2 N–H and O–H groups in total. The molecule has 20 heavy (non-hydrogen) atoms. The van der Waals surface area contributed by atoms with Crippen molar-refractivity contribution in [2.24, 2.45) is 0 Å². The average Bonchev–Trinajstić information content (AvgIpc) is 2.85. The number of rotatable bonds is 5. The lowest BCUT2D eigenvalue weighted by Crippen LogP contribution is -2.06. The van der Waals surface area contributed by atoms with Gasteiger partial charge in [0.15, 0.2) is 0 Å². The van der Waals surface area contributed by atoms with E-state index in [2.05, 4.69) is 5.32 Å². The fourth-order valence-corrected chi connectivity index (χ4v) is 2.65. The molecule has 0 aliphatic rings. The fourth-order valence-electron chi connectivity index (χ4n) is 1.75. The van der Waals surface area contributed by atoms with Crippen molar-refractivity contribution in [2.45, 2.75) is 19.9 Å². The molecule has 0 spiro atoms. The number of anilines is 1. The third kappa shape index (κ3) is 3.14. The predicted molar refractivity (Wildman–Crippen MR) is 74.3 cm³/mol. The van der Waals surface area contributed by atoms with Crippen LogP contribution in [0.5, 0.6) is 0 Å². The molecule has 0 saturated carbocycles. The van der Waals surface area contributed by atoms with Gasteiger partial charge in [-0.15, -0.1) is 11.3 Å². The third-order valence-corrected chi connectivity index (χ3v) is 4.02. The molecular formula is C14H13F2NO2S. The van der Waals surface area contributed by atoms with Crippen LogP contribution in [-0.4, -0.2) is 11.1 Å². The highest BCUT2D eigenvalue weighted by Gasteiger charge is 2.14. The van der Waals surface area contributed by atoms with Gasteiger partial charge in [-0.3, -0.25) is 0 Å². The Morgan fingerprint density at radius 3 is 2.35 bits per heavy atom. The summed E-state index contributed by atoms with van der Waals surface area (Å²) < 4.78 is 27.4. The Morgan fingerprint density at radius 1 is 1.25 bits per heavy atom. The molecule has 0 fully saturated rings. The molecule has 0 atom stereocenters. The van der Waals surface area contributed by atoms with Crippen LogP contribution >= 0.6 is 11.3 Å². The molecule has 3 nitrogen and oxygen atoms in total. The van der Waals surface area contributed by atoms with E-state index in [-0.39, 0.29) is 5.69 Å². The first kappa shape index (κ1) is 14.5. The minimum Gasteiger partial charge on any atom is -0.478 e. The summed E-state index contributed by atoms with van der Waals surface area (Å²) in [6, 6.07) is 5.49. The zero-order chi connectivity index (χ0) is 14.7. The topological polar surface area (TPSA) is 49.3 Å². The van der Waals surface area contributed by atoms with Crippen LogP contribution in [0.15, 0.2) is 24.3 Å². The van der Waals surface area contributed by atoms with Gasteiger partial charge in [0.1, 0.15) is 17.3 Å². The maximum Gasteiger partial charge on any atom is 0.335 e. The van der Waals surface area contributed by atoms with Crippen LogP contribution in [0.3, 0.4) is 0 Å². The average molecular weight is 297 g/mol. The number of carbonyl (C=O) groups is 1. The van der Waals surface area contributed by atoms with Gasteiger partial charge in [0.25, 0.3) is 0 Å². The van der Waals surface area contributed by atoms with Crippen molar-refractivity contribution >= 4 is 23.0 Å². The van der Waals surface area contributed by atoms with Crippen molar-refractivity contribution in [1.82, 2.24) is 0 Å². The lowest BCUT2D eigenvalue weighted by Gasteiger charge is -2.08. The van der Waals surface area contributed by atoms with Crippen molar-refractivity contribution in [3.05, 3.63) is 51.2 Å². The van der Waals surface area contributed by atoms with Gasteiger partial charge in [-0.25, -0.2) is 13.6 Å². The quantitative estimate of drug-likeness (QED) is 0.880. The van der Waals surface area contributed by atoms with Crippen LogP contribution in [0, 0.1) is 11.6 Å². The highest BCUT2D eigenvalue weighted by Crippen LogP contribution is 2.23. The number of thiophene rings is 1. The van der Waals surface area contributed by atoms with Crippen LogP contribution in [0.25, 0.3) is 0 Å².